The summed E-state index contributed by atoms with van der Waals surface area (Å²) in [6.45, 7) is 8.10. The van der Waals surface area contributed by atoms with Crippen LogP contribution < -0.4 is 9.47 Å². The molecule has 0 spiro atoms. The highest BCUT2D eigenvalue weighted by Gasteiger charge is 2.30. The number of benzene rings is 1. The van der Waals surface area contributed by atoms with Crippen molar-refractivity contribution >= 4 is 5.97 Å². The highest BCUT2D eigenvalue weighted by atomic mass is 19.4. The standard InChI is InChI=1S/C23H27F3N2O5/c1-15-13-28(14-16(2)31-15)10-11-30-22(29)17(3)32-19-5-7-20(8-6-19)33-21-9-4-18(12-27-21)23(24,25)26/h4-9,12,15-17H,10-11,13-14H2,1-3H3/t15-,16-,17-/m1/s1. The van der Waals surface area contributed by atoms with Crippen molar-refractivity contribution in [3.05, 3.63) is 48.2 Å². The number of aromatic nitrogens is 1. The molecule has 10 heteroatoms. The number of carbonyl (C=O) groups excluding carboxylic acids is 1. The number of hydrogen-bond donors (Lipinski definition) is 0. The van der Waals surface area contributed by atoms with Crippen molar-refractivity contribution in [2.75, 3.05) is 26.2 Å². The maximum absolute atomic E-state index is 12.6. The van der Waals surface area contributed by atoms with Crippen molar-refractivity contribution in [2.45, 2.75) is 45.3 Å². The molecule has 0 radical (unpaired) electrons. The Kier molecular flexibility index (Phi) is 8.15. The van der Waals surface area contributed by atoms with Crippen molar-refractivity contribution in [2.24, 2.45) is 0 Å². The van der Waals surface area contributed by atoms with E-state index in [9.17, 15) is 18.0 Å². The minimum Gasteiger partial charge on any atom is -0.479 e. The molecule has 1 aliphatic rings. The number of rotatable bonds is 8. The molecule has 0 bridgehead atoms. The number of alkyl halides is 3. The van der Waals surface area contributed by atoms with E-state index in [0.717, 1.165) is 25.2 Å². The fourth-order valence-corrected chi connectivity index (χ4v) is 3.43. The normalized spacial score (nSPS) is 20.2. The van der Waals surface area contributed by atoms with Crippen LogP contribution >= 0.6 is 0 Å². The van der Waals surface area contributed by atoms with Crippen LogP contribution in [-0.2, 0) is 20.4 Å². The molecule has 2 aromatic rings. The molecule has 3 atom stereocenters. The van der Waals surface area contributed by atoms with Gasteiger partial charge in [0, 0.05) is 31.9 Å². The van der Waals surface area contributed by atoms with Gasteiger partial charge in [0.15, 0.2) is 6.10 Å². The van der Waals surface area contributed by atoms with Gasteiger partial charge in [0.05, 0.1) is 17.8 Å². The Hall–Kier alpha value is -2.85. The fourth-order valence-electron chi connectivity index (χ4n) is 3.43. The van der Waals surface area contributed by atoms with Gasteiger partial charge in [0.1, 0.15) is 18.1 Å². The van der Waals surface area contributed by atoms with Gasteiger partial charge in [-0.15, -0.1) is 0 Å². The first kappa shape index (κ1) is 24.8. The number of morpholine rings is 1. The van der Waals surface area contributed by atoms with Crippen molar-refractivity contribution < 1.29 is 36.9 Å². The van der Waals surface area contributed by atoms with Crippen LogP contribution in [0.15, 0.2) is 42.6 Å². The summed E-state index contributed by atoms with van der Waals surface area (Å²) in [4.78, 5) is 18.1. The number of pyridine rings is 1. The third kappa shape index (κ3) is 7.61. The molecule has 1 aliphatic heterocycles. The molecule has 1 aromatic carbocycles. The van der Waals surface area contributed by atoms with Crippen LogP contribution in [0.25, 0.3) is 0 Å². The Morgan fingerprint density at radius 2 is 1.76 bits per heavy atom. The van der Waals surface area contributed by atoms with Crippen molar-refractivity contribution in [3.63, 3.8) is 0 Å². The zero-order valence-corrected chi connectivity index (χ0v) is 18.7. The molecule has 0 unspecified atom stereocenters. The first-order valence-electron chi connectivity index (χ1n) is 10.6. The third-order valence-corrected chi connectivity index (χ3v) is 4.90. The Labute approximate surface area is 190 Å². The summed E-state index contributed by atoms with van der Waals surface area (Å²) in [7, 11) is 0. The lowest BCUT2D eigenvalue weighted by Gasteiger charge is -2.35. The van der Waals surface area contributed by atoms with Crippen LogP contribution in [0.4, 0.5) is 13.2 Å². The molecular formula is C23H27F3N2O5. The first-order chi connectivity index (χ1) is 15.6. The Morgan fingerprint density at radius 3 is 2.33 bits per heavy atom. The second kappa shape index (κ2) is 10.8. The van der Waals surface area contributed by atoms with E-state index in [1.165, 1.54) is 0 Å². The zero-order valence-electron chi connectivity index (χ0n) is 18.7. The summed E-state index contributed by atoms with van der Waals surface area (Å²) < 4.78 is 59.9. The fraction of sp³-hybridized carbons (Fsp3) is 0.478. The monoisotopic (exact) mass is 468 g/mol. The van der Waals surface area contributed by atoms with E-state index < -0.39 is 23.8 Å². The second-order valence-electron chi connectivity index (χ2n) is 7.90. The molecule has 180 valence electrons. The van der Waals surface area contributed by atoms with E-state index in [1.807, 2.05) is 13.8 Å². The Balaban J connectivity index is 1.43. The number of nitrogens with zero attached hydrogens (tertiary/aromatic N) is 2. The quantitative estimate of drug-likeness (QED) is 0.535. The molecule has 7 nitrogen and oxygen atoms in total. The van der Waals surface area contributed by atoms with Gasteiger partial charge >= 0.3 is 12.1 Å². The topological polar surface area (TPSA) is 70.1 Å². The van der Waals surface area contributed by atoms with Gasteiger partial charge < -0.3 is 18.9 Å². The SMILES string of the molecule is C[C@@H]1CN(CCOC(=O)[C@@H](C)Oc2ccc(Oc3ccc(C(F)(F)F)cn3)cc2)C[C@@H](C)O1. The van der Waals surface area contributed by atoms with Gasteiger partial charge in [0.2, 0.25) is 5.88 Å². The average Bonchev–Trinajstić information content (AvgIpc) is 2.74. The van der Waals surface area contributed by atoms with E-state index in [1.54, 1.807) is 31.2 Å². The zero-order chi connectivity index (χ0) is 24.0. The van der Waals surface area contributed by atoms with E-state index in [-0.39, 0.29) is 24.7 Å². The highest BCUT2D eigenvalue weighted by Crippen LogP contribution is 2.30. The summed E-state index contributed by atoms with van der Waals surface area (Å²) in [6.07, 6.45) is -4.26. The molecule has 33 heavy (non-hydrogen) atoms. The first-order valence-corrected chi connectivity index (χ1v) is 10.6. The molecule has 1 saturated heterocycles. The number of carbonyl (C=O) groups is 1. The molecule has 0 amide bonds. The van der Waals surface area contributed by atoms with Gasteiger partial charge in [-0.05, 0) is 51.1 Å². The number of halogens is 3. The number of esters is 1. The molecule has 1 fully saturated rings. The van der Waals surface area contributed by atoms with Crippen molar-refractivity contribution in [1.29, 1.82) is 0 Å². The lowest BCUT2D eigenvalue weighted by Crippen LogP contribution is -2.46. The number of ether oxygens (including phenoxy) is 4. The average molecular weight is 468 g/mol. The molecule has 3 rings (SSSR count). The summed E-state index contributed by atoms with van der Waals surface area (Å²) >= 11 is 0. The Morgan fingerprint density at radius 1 is 1.12 bits per heavy atom. The predicted octanol–water partition coefficient (Wildman–Crippen LogP) is 4.31. The van der Waals surface area contributed by atoms with Crippen molar-refractivity contribution in [1.82, 2.24) is 9.88 Å². The van der Waals surface area contributed by atoms with E-state index >= 15 is 0 Å². The van der Waals surface area contributed by atoms with Crippen LogP contribution in [-0.4, -0.2) is 60.4 Å². The highest BCUT2D eigenvalue weighted by molar-refractivity contribution is 5.74. The van der Waals surface area contributed by atoms with Crippen molar-refractivity contribution in [3.8, 4) is 17.4 Å². The molecule has 0 aliphatic carbocycles. The van der Waals surface area contributed by atoms with E-state index in [2.05, 4.69) is 9.88 Å². The molecule has 2 heterocycles. The van der Waals surface area contributed by atoms with Crippen LogP contribution in [0, 0.1) is 0 Å². The molecule has 1 aromatic heterocycles. The molecule has 0 saturated carbocycles. The van der Waals surface area contributed by atoms with Crippen LogP contribution in [0.2, 0.25) is 0 Å². The lowest BCUT2D eigenvalue weighted by molar-refractivity contribution is -0.152. The smallest absolute Gasteiger partial charge is 0.417 e. The third-order valence-electron chi connectivity index (χ3n) is 4.90. The van der Waals surface area contributed by atoms with Gasteiger partial charge in [-0.2, -0.15) is 13.2 Å². The maximum atomic E-state index is 12.6. The predicted molar refractivity (Wildman–Crippen MR) is 113 cm³/mol. The number of hydrogen-bond acceptors (Lipinski definition) is 7. The summed E-state index contributed by atoms with van der Waals surface area (Å²) in [5.74, 6) is 0.332. The van der Waals surface area contributed by atoms with Gasteiger partial charge in [0.25, 0.3) is 0 Å². The minimum atomic E-state index is -4.46. The largest absolute Gasteiger partial charge is 0.479 e. The van der Waals surface area contributed by atoms with Gasteiger partial charge in [-0.3, -0.25) is 4.90 Å². The molecule has 0 N–H and O–H groups in total. The van der Waals surface area contributed by atoms with E-state index in [4.69, 9.17) is 18.9 Å². The van der Waals surface area contributed by atoms with Crippen LogP contribution in [0.1, 0.15) is 26.3 Å². The Bertz CT molecular complexity index is 896. The van der Waals surface area contributed by atoms with Gasteiger partial charge in [-0.25, -0.2) is 9.78 Å². The maximum Gasteiger partial charge on any atom is 0.417 e. The second-order valence-corrected chi connectivity index (χ2v) is 7.90. The summed E-state index contributed by atoms with van der Waals surface area (Å²) in [5.41, 5.74) is -0.853. The molecular weight excluding hydrogens is 441 g/mol. The van der Waals surface area contributed by atoms with Crippen LogP contribution in [0.3, 0.4) is 0 Å². The van der Waals surface area contributed by atoms with E-state index in [0.29, 0.717) is 24.2 Å². The van der Waals surface area contributed by atoms with Crippen LogP contribution in [0.5, 0.6) is 17.4 Å². The minimum absolute atomic E-state index is 0.0256. The summed E-state index contributed by atoms with van der Waals surface area (Å²) in [6, 6.07) is 8.33. The van der Waals surface area contributed by atoms with Gasteiger partial charge in [-0.1, -0.05) is 0 Å². The lowest BCUT2D eigenvalue weighted by atomic mass is 10.2. The summed E-state index contributed by atoms with van der Waals surface area (Å²) in [5, 5.41) is 0.